The predicted octanol–water partition coefficient (Wildman–Crippen LogP) is 10.9. The molecule has 49 heavy (non-hydrogen) atoms. The van der Waals surface area contributed by atoms with E-state index in [0.29, 0.717) is 43.2 Å². The topological polar surface area (TPSA) is 53.0 Å². The summed E-state index contributed by atoms with van der Waals surface area (Å²) < 4.78 is 87.3. The van der Waals surface area contributed by atoms with E-state index in [0.717, 1.165) is 41.5 Å². The van der Waals surface area contributed by atoms with Crippen LogP contribution in [-0.4, -0.2) is 53.6 Å². The monoisotopic (exact) mass is 714 g/mol. The standard InChI is InChI=1S/C32H34F6N2OS.2C2H6.CH2O2/c33-31(34,35)26-10-6-24(7-11-26)30(25-8-12-27(13-9-25)32(36,37)38)39-18-20-40(21-19-39)42-29-16-14-28(15-17-29)41-22-23-4-2-1-3-5-23;2*1-2;2-1-3/h6-17,23,30H,1-5,18-22H2;2*1-2H3;1H,(H,2,3). The molecule has 272 valence electrons. The van der Waals surface area contributed by atoms with Gasteiger partial charge in [-0.1, -0.05) is 71.2 Å². The SMILES string of the molecule is CC.CC.FC(F)(F)c1ccc(C(c2ccc(C(F)(F)F)cc2)N2CCN(Sc3ccc(OCC4CCCCC4)cc3)CC2)cc1.O=CO. The largest absolute Gasteiger partial charge is 0.493 e. The van der Waals surface area contributed by atoms with Crippen molar-refractivity contribution in [3.63, 3.8) is 0 Å². The molecule has 2 aliphatic rings. The summed E-state index contributed by atoms with van der Waals surface area (Å²) in [6, 6.07) is 17.4. The van der Waals surface area contributed by atoms with Crippen molar-refractivity contribution in [1.82, 2.24) is 9.21 Å². The Morgan fingerprint density at radius 2 is 1.16 bits per heavy atom. The third-order valence-corrected chi connectivity index (χ3v) is 9.12. The average molecular weight is 715 g/mol. The van der Waals surface area contributed by atoms with Crippen LogP contribution in [0.1, 0.15) is 88.1 Å². The highest BCUT2D eigenvalue weighted by Crippen LogP contribution is 2.37. The van der Waals surface area contributed by atoms with Crippen molar-refractivity contribution in [3.05, 3.63) is 95.1 Å². The van der Waals surface area contributed by atoms with Gasteiger partial charge in [0.05, 0.1) is 23.8 Å². The van der Waals surface area contributed by atoms with E-state index in [2.05, 4.69) is 9.21 Å². The third kappa shape index (κ3) is 13.5. The number of alkyl halides is 6. The zero-order valence-corrected chi connectivity index (χ0v) is 29.4. The van der Waals surface area contributed by atoms with Crippen molar-refractivity contribution >= 4 is 18.4 Å². The summed E-state index contributed by atoms with van der Waals surface area (Å²) >= 11 is 1.64. The van der Waals surface area contributed by atoms with Gasteiger partial charge in [0.1, 0.15) is 5.75 Å². The number of ether oxygens (including phenoxy) is 1. The van der Waals surface area contributed by atoms with Crippen LogP contribution in [0.5, 0.6) is 5.75 Å². The maximum absolute atomic E-state index is 13.2. The molecule has 1 saturated carbocycles. The summed E-state index contributed by atoms with van der Waals surface area (Å²) in [6.45, 7) is 11.1. The molecule has 1 saturated heterocycles. The van der Waals surface area contributed by atoms with Gasteiger partial charge in [-0.15, -0.1) is 0 Å². The Balaban J connectivity index is 0.00000111. The van der Waals surface area contributed by atoms with Crippen molar-refractivity contribution in [2.75, 3.05) is 32.8 Å². The Morgan fingerprint density at radius 3 is 1.57 bits per heavy atom. The van der Waals surface area contributed by atoms with Crippen LogP contribution >= 0.6 is 11.9 Å². The molecule has 12 heteroatoms. The molecule has 0 spiro atoms. The molecule has 0 aromatic heterocycles. The van der Waals surface area contributed by atoms with Crippen LogP contribution in [0, 0.1) is 5.92 Å². The average Bonchev–Trinajstić information content (AvgIpc) is 3.11. The first-order valence-electron chi connectivity index (χ1n) is 16.8. The van der Waals surface area contributed by atoms with Crippen LogP contribution in [0.25, 0.3) is 0 Å². The van der Waals surface area contributed by atoms with E-state index in [-0.39, 0.29) is 6.47 Å². The number of rotatable bonds is 8. The number of carboxylic acid groups (broad SMARTS) is 1. The second-order valence-corrected chi connectivity index (χ2v) is 12.3. The lowest BCUT2D eigenvalue weighted by Crippen LogP contribution is -2.45. The second kappa shape index (κ2) is 21.1. The molecule has 1 N–H and O–H groups in total. The normalized spacial score (nSPS) is 15.9. The van der Waals surface area contributed by atoms with Gasteiger partial charge in [0.15, 0.2) is 0 Å². The van der Waals surface area contributed by atoms with Gasteiger partial charge in [0.25, 0.3) is 6.47 Å². The van der Waals surface area contributed by atoms with Crippen molar-refractivity contribution in [3.8, 4) is 5.75 Å². The van der Waals surface area contributed by atoms with Gasteiger partial charge < -0.3 is 9.84 Å². The molecule has 5 nitrogen and oxygen atoms in total. The first-order valence-corrected chi connectivity index (χ1v) is 17.6. The van der Waals surface area contributed by atoms with E-state index in [1.807, 2.05) is 52.0 Å². The van der Waals surface area contributed by atoms with Crippen LogP contribution in [0.4, 0.5) is 26.3 Å². The number of benzene rings is 3. The maximum atomic E-state index is 13.2. The highest BCUT2D eigenvalue weighted by molar-refractivity contribution is 7.97. The fraction of sp³-hybridized carbons (Fsp3) is 0.486. The molecular formula is C37H48F6N2O3S. The van der Waals surface area contributed by atoms with E-state index in [4.69, 9.17) is 14.6 Å². The van der Waals surface area contributed by atoms with Crippen molar-refractivity contribution in [2.45, 2.75) is 83.1 Å². The lowest BCUT2D eigenvalue weighted by atomic mass is 9.90. The Hall–Kier alpha value is -3.22. The van der Waals surface area contributed by atoms with E-state index < -0.39 is 29.5 Å². The minimum atomic E-state index is -4.47. The van der Waals surface area contributed by atoms with Gasteiger partial charge in [-0.05, 0) is 90.4 Å². The zero-order valence-electron chi connectivity index (χ0n) is 28.6. The molecule has 1 aliphatic carbocycles. The van der Waals surface area contributed by atoms with E-state index in [1.165, 1.54) is 56.4 Å². The summed E-state index contributed by atoms with van der Waals surface area (Å²) in [4.78, 5) is 11.6. The summed E-state index contributed by atoms with van der Waals surface area (Å²) in [5.41, 5.74) is -0.312. The highest BCUT2D eigenvalue weighted by Gasteiger charge is 2.33. The van der Waals surface area contributed by atoms with E-state index in [1.54, 1.807) is 11.9 Å². The first-order chi connectivity index (χ1) is 23.5. The van der Waals surface area contributed by atoms with E-state index >= 15 is 0 Å². The van der Waals surface area contributed by atoms with Gasteiger partial charge in [-0.25, -0.2) is 4.31 Å². The van der Waals surface area contributed by atoms with Gasteiger partial charge >= 0.3 is 12.4 Å². The van der Waals surface area contributed by atoms with Crippen LogP contribution < -0.4 is 4.74 Å². The number of hydrogen-bond acceptors (Lipinski definition) is 5. The third-order valence-electron chi connectivity index (χ3n) is 8.01. The molecule has 3 aromatic carbocycles. The van der Waals surface area contributed by atoms with Gasteiger partial charge in [-0.3, -0.25) is 9.69 Å². The number of halogens is 6. The molecule has 1 aliphatic heterocycles. The zero-order chi connectivity index (χ0) is 36.5. The first kappa shape index (κ1) is 41.9. The molecule has 0 bridgehead atoms. The van der Waals surface area contributed by atoms with Gasteiger partial charge in [0, 0.05) is 31.1 Å². The fourth-order valence-corrected chi connectivity index (χ4v) is 6.59. The minimum Gasteiger partial charge on any atom is -0.493 e. The molecule has 0 unspecified atom stereocenters. The molecule has 2 fully saturated rings. The smallest absolute Gasteiger partial charge is 0.416 e. The van der Waals surface area contributed by atoms with Crippen molar-refractivity contribution in [2.24, 2.45) is 5.92 Å². The molecule has 1 heterocycles. The van der Waals surface area contributed by atoms with Gasteiger partial charge in [0.2, 0.25) is 0 Å². The Bertz CT molecular complexity index is 1270. The summed E-state index contributed by atoms with van der Waals surface area (Å²) in [5.74, 6) is 1.50. The summed E-state index contributed by atoms with van der Waals surface area (Å²) in [6.07, 6.45) is -2.58. The minimum absolute atomic E-state index is 0.250. The lowest BCUT2D eigenvalue weighted by Gasteiger charge is -2.39. The molecule has 0 radical (unpaired) electrons. The van der Waals surface area contributed by atoms with Crippen LogP contribution in [0.2, 0.25) is 0 Å². The molecule has 5 rings (SSSR count). The molecule has 0 atom stereocenters. The summed E-state index contributed by atoms with van der Waals surface area (Å²) in [7, 11) is 0. The molecule has 0 amide bonds. The quantitative estimate of drug-likeness (QED) is 0.142. The van der Waals surface area contributed by atoms with Crippen LogP contribution in [-0.2, 0) is 17.1 Å². The predicted molar refractivity (Wildman–Crippen MR) is 184 cm³/mol. The molecular weight excluding hydrogens is 666 g/mol. The Labute approximate surface area is 290 Å². The van der Waals surface area contributed by atoms with Crippen LogP contribution in [0.15, 0.2) is 77.7 Å². The lowest BCUT2D eigenvalue weighted by molar-refractivity contribution is -0.138. The molecule has 3 aromatic rings. The van der Waals surface area contributed by atoms with Crippen LogP contribution in [0.3, 0.4) is 0 Å². The highest BCUT2D eigenvalue weighted by atomic mass is 32.2. The number of nitrogens with zero attached hydrogens (tertiary/aromatic N) is 2. The van der Waals surface area contributed by atoms with E-state index in [9.17, 15) is 26.3 Å². The number of carbonyl (C=O) groups is 1. The van der Waals surface area contributed by atoms with Crippen molar-refractivity contribution < 1.29 is 41.0 Å². The number of piperazine rings is 1. The fourth-order valence-electron chi connectivity index (χ4n) is 5.69. The summed E-state index contributed by atoms with van der Waals surface area (Å²) in [5, 5.41) is 6.89. The Kier molecular flexibility index (Phi) is 18.1. The van der Waals surface area contributed by atoms with Gasteiger partial charge in [-0.2, -0.15) is 26.3 Å². The maximum Gasteiger partial charge on any atom is 0.416 e. The second-order valence-electron chi connectivity index (χ2n) is 11.1. The Morgan fingerprint density at radius 1 is 0.735 bits per heavy atom. The number of hydrogen-bond donors (Lipinski definition) is 1. The van der Waals surface area contributed by atoms with Crippen molar-refractivity contribution in [1.29, 1.82) is 0 Å².